The lowest BCUT2D eigenvalue weighted by Gasteiger charge is -2.11. The number of fused-ring (bicyclic) bond motifs is 1. The van der Waals surface area contributed by atoms with Crippen molar-refractivity contribution in [2.45, 2.75) is 0 Å². The molecule has 0 fully saturated rings. The molecule has 0 amide bonds. The summed E-state index contributed by atoms with van der Waals surface area (Å²) in [4.78, 5) is 19.1. The second-order valence-electron chi connectivity index (χ2n) is 3.43. The Morgan fingerprint density at radius 1 is 1.22 bits per heavy atom. The van der Waals surface area contributed by atoms with Crippen LogP contribution in [0.1, 0.15) is 0 Å². The number of rotatable bonds is 4. The maximum Gasteiger partial charge on any atom is 0.586 e. The molecule has 2 aromatic carbocycles. The predicted octanol–water partition coefficient (Wildman–Crippen LogP) is 2.20. The number of phosphoric ester groups is 1. The van der Waals surface area contributed by atoms with Crippen molar-refractivity contribution in [1.29, 1.82) is 0 Å². The normalized spacial score (nSPS) is 13.8. The first-order chi connectivity index (χ1) is 8.52. The number of phosphoric acid groups is 1. The molecule has 0 aliphatic rings. The van der Waals surface area contributed by atoms with E-state index in [2.05, 4.69) is 9.05 Å². The first kappa shape index (κ1) is 12.4. The molecular weight excluding hydrogens is 259 g/mol. The molecule has 1 atom stereocenters. The molecule has 0 aromatic heterocycles. The zero-order valence-electron chi connectivity index (χ0n) is 9.02. The fourth-order valence-electron chi connectivity index (χ4n) is 1.53. The lowest BCUT2D eigenvalue weighted by Crippen LogP contribution is -1.95. The number of phenolic OH excluding ortho intramolecular Hbond substituents is 1. The number of carbonyl (C=O) groups excluding carboxylic acids is 1. The Kier molecular flexibility index (Phi) is 3.23. The van der Waals surface area contributed by atoms with E-state index in [9.17, 15) is 14.5 Å². The van der Waals surface area contributed by atoms with Crippen LogP contribution in [0.25, 0.3) is 10.8 Å². The fraction of sp³-hybridized carbons (Fsp3) is 0. The summed E-state index contributed by atoms with van der Waals surface area (Å²) in [5.74, 6) is -0.173. The lowest BCUT2D eigenvalue weighted by molar-refractivity contribution is -0.121. The minimum absolute atomic E-state index is 0.0705. The van der Waals surface area contributed by atoms with E-state index in [4.69, 9.17) is 4.89 Å². The maximum absolute atomic E-state index is 11.2. The Balaban J connectivity index is 2.41. The molecular formula is C11H9O6P. The van der Waals surface area contributed by atoms with Crippen molar-refractivity contribution in [3.63, 3.8) is 0 Å². The van der Waals surface area contributed by atoms with E-state index in [-0.39, 0.29) is 18.0 Å². The Morgan fingerprint density at radius 3 is 2.67 bits per heavy atom. The topological polar surface area (TPSA) is 93.1 Å². The Bertz CT molecular complexity index is 638. The van der Waals surface area contributed by atoms with E-state index >= 15 is 0 Å². The molecule has 0 spiro atoms. The van der Waals surface area contributed by atoms with Gasteiger partial charge < -0.3 is 14.2 Å². The highest BCUT2D eigenvalue weighted by atomic mass is 31.2. The lowest BCUT2D eigenvalue weighted by atomic mass is 10.1. The van der Waals surface area contributed by atoms with Gasteiger partial charge in [0, 0.05) is 11.5 Å². The van der Waals surface area contributed by atoms with Gasteiger partial charge in [-0.2, -0.15) is 0 Å². The molecule has 7 heteroatoms. The second kappa shape index (κ2) is 4.68. The summed E-state index contributed by atoms with van der Waals surface area (Å²) in [7, 11) is -4.49. The Morgan fingerprint density at radius 2 is 1.94 bits per heavy atom. The van der Waals surface area contributed by atoms with Crippen LogP contribution in [0.15, 0.2) is 36.4 Å². The molecule has 0 aliphatic carbocycles. The highest BCUT2D eigenvalue weighted by Crippen LogP contribution is 2.44. The molecule has 94 valence electrons. The standard InChI is InChI=1S/C11H9O6P/c12-7-16-18(14,15)17-9-5-8-3-1-2-4-10(8)11(13)6-9/h1-7,13H,(H,14,15). The van der Waals surface area contributed by atoms with Gasteiger partial charge in [-0.15, -0.1) is 0 Å². The SMILES string of the molecule is O=COP(=O)(O)Oc1cc(O)c2ccccc2c1. The third-order valence-corrected chi connectivity index (χ3v) is 3.00. The molecule has 6 nitrogen and oxygen atoms in total. The Hall–Kier alpha value is -2.04. The third kappa shape index (κ3) is 2.61. The molecule has 2 N–H and O–H groups in total. The van der Waals surface area contributed by atoms with Gasteiger partial charge in [0.1, 0.15) is 11.5 Å². The first-order valence-electron chi connectivity index (χ1n) is 4.88. The quantitative estimate of drug-likeness (QED) is 0.652. The van der Waals surface area contributed by atoms with Crippen LogP contribution >= 0.6 is 7.82 Å². The van der Waals surface area contributed by atoms with Gasteiger partial charge in [-0.05, 0) is 11.5 Å². The molecule has 0 bridgehead atoms. The van der Waals surface area contributed by atoms with Crippen LogP contribution in [0.3, 0.4) is 0 Å². The van der Waals surface area contributed by atoms with E-state index in [0.717, 1.165) is 0 Å². The average Bonchev–Trinajstić information content (AvgIpc) is 2.28. The first-order valence-corrected chi connectivity index (χ1v) is 6.37. The molecule has 2 rings (SSSR count). The van der Waals surface area contributed by atoms with Crippen molar-refractivity contribution in [1.82, 2.24) is 0 Å². The highest BCUT2D eigenvalue weighted by molar-refractivity contribution is 7.48. The Labute approximate surface area is 102 Å². The zero-order chi connectivity index (χ0) is 13.2. The van der Waals surface area contributed by atoms with Gasteiger partial charge in [-0.25, -0.2) is 4.57 Å². The van der Waals surface area contributed by atoms with E-state index in [1.165, 1.54) is 12.1 Å². The predicted molar refractivity (Wildman–Crippen MR) is 63.2 cm³/mol. The van der Waals surface area contributed by atoms with Crippen molar-refractivity contribution >= 4 is 25.1 Å². The molecule has 0 saturated carbocycles. The summed E-state index contributed by atoms with van der Waals surface area (Å²) in [5.41, 5.74) is 0. The van der Waals surface area contributed by atoms with E-state index < -0.39 is 7.82 Å². The van der Waals surface area contributed by atoms with Crippen molar-refractivity contribution in [2.75, 3.05) is 0 Å². The number of benzene rings is 2. The van der Waals surface area contributed by atoms with Crippen molar-refractivity contribution in [3.05, 3.63) is 36.4 Å². The minimum Gasteiger partial charge on any atom is -0.507 e. The number of phenols is 1. The summed E-state index contributed by atoms with van der Waals surface area (Å²) in [5, 5.41) is 10.9. The van der Waals surface area contributed by atoms with Gasteiger partial charge >= 0.3 is 14.3 Å². The summed E-state index contributed by atoms with van der Waals surface area (Å²) in [6, 6.07) is 9.49. The van der Waals surface area contributed by atoms with E-state index in [0.29, 0.717) is 10.8 Å². The fourth-order valence-corrected chi connectivity index (χ4v) is 2.05. The molecule has 0 aliphatic heterocycles. The van der Waals surface area contributed by atoms with Crippen LogP contribution in [0, 0.1) is 0 Å². The molecule has 0 radical (unpaired) electrons. The summed E-state index contributed by atoms with van der Waals surface area (Å²) in [6.07, 6.45) is 0. The van der Waals surface area contributed by atoms with Gasteiger partial charge in [0.05, 0.1) is 0 Å². The second-order valence-corrected chi connectivity index (χ2v) is 4.76. The zero-order valence-corrected chi connectivity index (χ0v) is 9.91. The summed E-state index contributed by atoms with van der Waals surface area (Å²) in [6.45, 7) is -0.179. The van der Waals surface area contributed by atoms with Gasteiger partial charge in [-0.3, -0.25) is 9.69 Å². The molecule has 2 aromatic rings. The van der Waals surface area contributed by atoms with Crippen molar-refractivity contribution < 1.29 is 28.4 Å². The molecule has 0 heterocycles. The molecule has 0 saturated heterocycles. The molecule has 18 heavy (non-hydrogen) atoms. The maximum atomic E-state index is 11.2. The third-order valence-electron chi connectivity index (χ3n) is 2.21. The van der Waals surface area contributed by atoms with Gasteiger partial charge in [0.25, 0.3) is 0 Å². The average molecular weight is 268 g/mol. The van der Waals surface area contributed by atoms with E-state index in [1.54, 1.807) is 24.3 Å². The van der Waals surface area contributed by atoms with Crippen molar-refractivity contribution in [2.24, 2.45) is 0 Å². The summed E-state index contributed by atoms with van der Waals surface area (Å²) >= 11 is 0. The van der Waals surface area contributed by atoms with E-state index in [1.807, 2.05) is 0 Å². The number of hydrogen-bond donors (Lipinski definition) is 2. The molecule has 1 unspecified atom stereocenters. The number of aromatic hydroxyl groups is 1. The van der Waals surface area contributed by atoms with Gasteiger partial charge in [0.2, 0.25) is 0 Å². The van der Waals surface area contributed by atoms with Crippen LogP contribution in [0.4, 0.5) is 0 Å². The highest BCUT2D eigenvalue weighted by Gasteiger charge is 2.24. The summed E-state index contributed by atoms with van der Waals surface area (Å²) < 4.78 is 19.8. The smallest absolute Gasteiger partial charge is 0.507 e. The monoisotopic (exact) mass is 268 g/mol. The number of carbonyl (C=O) groups is 1. The van der Waals surface area contributed by atoms with Crippen LogP contribution in [0.2, 0.25) is 0 Å². The van der Waals surface area contributed by atoms with Crippen LogP contribution in [-0.2, 0) is 13.9 Å². The number of hydrogen-bond acceptors (Lipinski definition) is 5. The van der Waals surface area contributed by atoms with Gasteiger partial charge in [-0.1, -0.05) is 24.3 Å². The van der Waals surface area contributed by atoms with Crippen LogP contribution < -0.4 is 4.52 Å². The largest absolute Gasteiger partial charge is 0.586 e. The van der Waals surface area contributed by atoms with Gasteiger partial charge in [0.15, 0.2) is 0 Å². The van der Waals surface area contributed by atoms with Crippen LogP contribution in [-0.4, -0.2) is 16.5 Å². The minimum atomic E-state index is -4.49. The van der Waals surface area contributed by atoms with Crippen molar-refractivity contribution in [3.8, 4) is 11.5 Å². The van der Waals surface area contributed by atoms with Crippen LogP contribution in [0.5, 0.6) is 11.5 Å².